The van der Waals surface area contributed by atoms with Crippen LogP contribution in [-0.4, -0.2) is 52.0 Å². The second kappa shape index (κ2) is 9.22. The van der Waals surface area contributed by atoms with Gasteiger partial charge in [0.25, 0.3) is 5.91 Å². The third-order valence-electron chi connectivity index (χ3n) is 6.62. The Morgan fingerprint density at radius 3 is 2.50 bits per heavy atom. The summed E-state index contributed by atoms with van der Waals surface area (Å²) in [6.45, 7) is 1.70. The van der Waals surface area contributed by atoms with Crippen molar-refractivity contribution in [3.63, 3.8) is 0 Å². The first-order valence-corrected chi connectivity index (χ1v) is 12.9. The first-order valence-electron chi connectivity index (χ1n) is 11.0. The lowest BCUT2D eigenvalue weighted by atomic mass is 10.1. The second-order valence-electron chi connectivity index (χ2n) is 9.02. The number of fused-ring (bicyclic) bond motifs is 1. The molecule has 0 saturated heterocycles. The molecule has 9 heteroatoms. The molecular formula is C25H27N3O5S. The maximum atomic E-state index is 12.1. The molecule has 34 heavy (non-hydrogen) atoms. The van der Waals surface area contributed by atoms with Crippen molar-refractivity contribution in [2.45, 2.75) is 37.0 Å². The summed E-state index contributed by atoms with van der Waals surface area (Å²) >= 11 is 0. The molecule has 1 fully saturated rings. The van der Waals surface area contributed by atoms with Crippen molar-refractivity contribution in [1.29, 1.82) is 0 Å². The summed E-state index contributed by atoms with van der Waals surface area (Å²) in [5.74, 6) is 6.20. The lowest BCUT2D eigenvalue weighted by Gasteiger charge is -2.24. The number of rotatable bonds is 7. The first-order chi connectivity index (χ1) is 16.1. The number of nitrogens with zero attached hydrogens (tertiary/aromatic N) is 2. The maximum Gasteiger partial charge on any atom is 0.264 e. The summed E-state index contributed by atoms with van der Waals surface area (Å²) in [5.41, 5.74) is 5.14. The molecular weight excluding hydrogens is 454 g/mol. The zero-order valence-corrected chi connectivity index (χ0v) is 19.8. The van der Waals surface area contributed by atoms with Gasteiger partial charge >= 0.3 is 0 Å². The monoisotopic (exact) mass is 481 g/mol. The molecule has 2 aromatic carbocycles. The molecule has 3 atom stereocenters. The van der Waals surface area contributed by atoms with E-state index in [1.165, 1.54) is 18.0 Å². The van der Waals surface area contributed by atoms with E-state index in [2.05, 4.69) is 29.1 Å². The van der Waals surface area contributed by atoms with Crippen molar-refractivity contribution in [1.82, 2.24) is 15.3 Å². The fraction of sp³-hybridized carbons (Fsp3) is 0.360. The number of carbonyl (C=O) groups is 1. The summed E-state index contributed by atoms with van der Waals surface area (Å²) < 4.78 is 24.1. The number of aliphatic hydroxyl groups excluding tert-OH is 1. The van der Waals surface area contributed by atoms with Crippen LogP contribution in [0.3, 0.4) is 0 Å². The molecule has 1 saturated carbocycles. The van der Waals surface area contributed by atoms with Gasteiger partial charge in [0, 0.05) is 42.1 Å². The van der Waals surface area contributed by atoms with Gasteiger partial charge in [0.1, 0.15) is 0 Å². The van der Waals surface area contributed by atoms with Crippen LogP contribution in [0.5, 0.6) is 0 Å². The van der Waals surface area contributed by atoms with Crippen LogP contribution in [0.2, 0.25) is 0 Å². The smallest absolute Gasteiger partial charge is 0.264 e. The van der Waals surface area contributed by atoms with E-state index in [9.17, 15) is 18.3 Å². The van der Waals surface area contributed by atoms with Gasteiger partial charge in [-0.1, -0.05) is 24.0 Å². The predicted octanol–water partition coefficient (Wildman–Crippen LogP) is 2.23. The third-order valence-corrected chi connectivity index (χ3v) is 8.64. The number of aryl methyl sites for hydroxylation is 1. The molecule has 1 aromatic heterocycles. The Balaban J connectivity index is 1.47. The normalized spacial score (nSPS) is 19.2. The van der Waals surface area contributed by atoms with Crippen LogP contribution >= 0.6 is 0 Å². The van der Waals surface area contributed by atoms with E-state index >= 15 is 0 Å². The molecule has 1 amide bonds. The van der Waals surface area contributed by atoms with Crippen LogP contribution in [0.15, 0.2) is 48.7 Å². The number of nitrogens with one attached hydrogen (secondary N) is 1. The van der Waals surface area contributed by atoms with Gasteiger partial charge in [0.2, 0.25) is 0 Å². The van der Waals surface area contributed by atoms with Gasteiger partial charge in [-0.15, -0.1) is 0 Å². The Morgan fingerprint density at radius 1 is 1.21 bits per heavy atom. The molecule has 4 rings (SSSR count). The van der Waals surface area contributed by atoms with Crippen LogP contribution in [0.1, 0.15) is 42.4 Å². The molecule has 178 valence electrons. The SMILES string of the molecule is C[C@@](CCn1cc2cc(C#Cc3ccc([C@@H]4C[C@H]4CO)cc3)ccc2n1)(C(=O)NO)S(C)(=O)=O. The molecule has 1 aliphatic rings. The Labute approximate surface area is 198 Å². The lowest BCUT2D eigenvalue weighted by molar-refractivity contribution is -0.131. The topological polar surface area (TPSA) is 122 Å². The molecule has 3 aromatic rings. The number of hydrogen-bond acceptors (Lipinski definition) is 6. The van der Waals surface area contributed by atoms with Gasteiger partial charge in [-0.3, -0.25) is 14.7 Å². The summed E-state index contributed by atoms with van der Waals surface area (Å²) in [6, 6.07) is 13.7. The van der Waals surface area contributed by atoms with E-state index in [-0.39, 0.29) is 19.6 Å². The van der Waals surface area contributed by atoms with Crippen molar-refractivity contribution in [2.24, 2.45) is 5.92 Å². The van der Waals surface area contributed by atoms with E-state index in [4.69, 9.17) is 5.21 Å². The van der Waals surface area contributed by atoms with E-state index in [0.29, 0.717) is 11.8 Å². The van der Waals surface area contributed by atoms with Gasteiger partial charge in [0.05, 0.1) is 5.52 Å². The van der Waals surface area contributed by atoms with Crippen molar-refractivity contribution < 1.29 is 23.5 Å². The van der Waals surface area contributed by atoms with Crippen molar-refractivity contribution >= 4 is 26.6 Å². The molecule has 0 unspecified atom stereocenters. The van der Waals surface area contributed by atoms with Gasteiger partial charge < -0.3 is 5.11 Å². The van der Waals surface area contributed by atoms with Gasteiger partial charge in [-0.2, -0.15) is 5.10 Å². The molecule has 0 spiro atoms. The molecule has 3 N–H and O–H groups in total. The van der Waals surface area contributed by atoms with E-state index in [0.717, 1.165) is 34.7 Å². The van der Waals surface area contributed by atoms with Crippen molar-refractivity contribution in [2.75, 3.05) is 12.9 Å². The Bertz CT molecular complexity index is 1390. The molecule has 0 bridgehead atoms. The Hall–Kier alpha value is -3.19. The minimum Gasteiger partial charge on any atom is -0.396 e. The molecule has 1 aliphatic carbocycles. The second-order valence-corrected chi connectivity index (χ2v) is 11.5. The van der Waals surface area contributed by atoms with Gasteiger partial charge in [-0.05, 0) is 67.5 Å². The van der Waals surface area contributed by atoms with Gasteiger partial charge in [-0.25, -0.2) is 13.9 Å². The Kier molecular flexibility index (Phi) is 6.49. The Morgan fingerprint density at radius 2 is 1.88 bits per heavy atom. The van der Waals surface area contributed by atoms with Crippen LogP contribution in [-0.2, 0) is 21.2 Å². The number of aromatic nitrogens is 2. The van der Waals surface area contributed by atoms with E-state index in [1.54, 1.807) is 10.9 Å². The fourth-order valence-electron chi connectivity index (χ4n) is 4.00. The highest BCUT2D eigenvalue weighted by Gasteiger charge is 2.43. The van der Waals surface area contributed by atoms with Crippen LogP contribution in [0, 0.1) is 17.8 Å². The highest BCUT2D eigenvalue weighted by Crippen LogP contribution is 2.46. The maximum absolute atomic E-state index is 12.1. The average molecular weight is 482 g/mol. The quantitative estimate of drug-likeness (QED) is 0.270. The molecule has 0 radical (unpaired) electrons. The number of amides is 1. The fourth-order valence-corrected chi connectivity index (χ4v) is 4.84. The summed E-state index contributed by atoms with van der Waals surface area (Å²) in [5, 5.41) is 23.5. The average Bonchev–Trinajstić information content (AvgIpc) is 3.50. The first kappa shape index (κ1) is 24.0. The van der Waals surface area contributed by atoms with Crippen LogP contribution in [0.4, 0.5) is 0 Å². The zero-order valence-electron chi connectivity index (χ0n) is 19.0. The number of aliphatic hydroxyl groups is 1. The molecule has 0 aliphatic heterocycles. The van der Waals surface area contributed by atoms with E-state index in [1.807, 2.05) is 30.3 Å². The molecule has 8 nitrogen and oxygen atoms in total. The number of hydroxylamine groups is 1. The standard InChI is InChI=1S/C25H27N3O5S/c1-25(24(30)27-31,34(2,32)33)11-12-28-15-20-13-18(7-10-23(20)26-28)4-3-17-5-8-19(9-6-17)22-14-21(22)16-29/h5-10,13,15,21-22,29,31H,11-12,14,16H2,1-2H3,(H,27,30)/t21-,22-,25+/m0/s1. The lowest BCUT2D eigenvalue weighted by Crippen LogP contribution is -2.49. The highest BCUT2D eigenvalue weighted by atomic mass is 32.2. The number of carbonyl (C=O) groups excluding carboxylic acids is 1. The van der Waals surface area contributed by atoms with Crippen LogP contribution < -0.4 is 5.48 Å². The number of benzene rings is 2. The largest absolute Gasteiger partial charge is 0.396 e. The number of sulfone groups is 1. The minimum absolute atomic E-state index is 0.0468. The predicted molar refractivity (Wildman–Crippen MR) is 128 cm³/mol. The van der Waals surface area contributed by atoms with Crippen LogP contribution in [0.25, 0.3) is 10.9 Å². The third kappa shape index (κ3) is 4.85. The number of hydrogen-bond donors (Lipinski definition) is 3. The molecule has 1 heterocycles. The van der Waals surface area contributed by atoms with Crippen molar-refractivity contribution in [3.05, 3.63) is 65.4 Å². The highest BCUT2D eigenvalue weighted by molar-refractivity contribution is 7.92. The summed E-state index contributed by atoms with van der Waals surface area (Å²) in [4.78, 5) is 12.0. The minimum atomic E-state index is -3.77. The van der Waals surface area contributed by atoms with E-state index < -0.39 is 20.5 Å². The zero-order chi connectivity index (χ0) is 24.5. The van der Waals surface area contributed by atoms with Crippen molar-refractivity contribution in [3.8, 4) is 11.8 Å². The summed E-state index contributed by atoms with van der Waals surface area (Å²) in [6.07, 6.45) is 3.74. The summed E-state index contributed by atoms with van der Waals surface area (Å²) in [7, 11) is -3.77. The van der Waals surface area contributed by atoms with Gasteiger partial charge in [0.15, 0.2) is 14.6 Å².